The van der Waals surface area contributed by atoms with Gasteiger partial charge in [-0.1, -0.05) is 13.0 Å². The molecule has 0 saturated heterocycles. The third-order valence-corrected chi connectivity index (χ3v) is 3.53. The number of hydrogen-bond acceptors (Lipinski definition) is 7. The van der Waals surface area contributed by atoms with E-state index in [9.17, 15) is 19.8 Å². The van der Waals surface area contributed by atoms with E-state index in [1.165, 1.54) is 12.1 Å². The van der Waals surface area contributed by atoms with Crippen LogP contribution in [0.1, 0.15) is 39.2 Å². The summed E-state index contributed by atoms with van der Waals surface area (Å²) in [6, 6.07) is 3.28. The van der Waals surface area contributed by atoms with Crippen LogP contribution in [-0.4, -0.2) is 40.4 Å². The summed E-state index contributed by atoms with van der Waals surface area (Å²) in [5, 5.41) is 18.7. The number of benzene rings is 1. The zero-order valence-corrected chi connectivity index (χ0v) is 14.2. The highest BCUT2D eigenvalue weighted by Gasteiger charge is 2.24. The quantitative estimate of drug-likeness (QED) is 0.486. The molecule has 0 heterocycles. The van der Waals surface area contributed by atoms with Crippen molar-refractivity contribution < 1.29 is 29.3 Å². The Bertz CT molecular complexity index is 574. The maximum absolute atomic E-state index is 12.0. The smallest absolute Gasteiger partial charge is 0.323 e. The predicted octanol–water partition coefficient (Wildman–Crippen LogP) is 1.63. The molecule has 0 radical (unpaired) electrons. The zero-order valence-electron chi connectivity index (χ0n) is 14.2. The Morgan fingerprint density at radius 3 is 2.33 bits per heavy atom. The Morgan fingerprint density at radius 2 is 1.75 bits per heavy atom. The van der Waals surface area contributed by atoms with Gasteiger partial charge in [-0.3, -0.25) is 9.59 Å². The third kappa shape index (κ3) is 6.08. The van der Waals surface area contributed by atoms with Crippen LogP contribution in [0.4, 0.5) is 0 Å². The number of rotatable bonds is 8. The van der Waals surface area contributed by atoms with Crippen LogP contribution in [0, 0.1) is 0 Å². The number of carbonyl (C=O) groups is 2. The van der Waals surface area contributed by atoms with Gasteiger partial charge in [0, 0.05) is 6.42 Å². The number of phenols is 2. The first kappa shape index (κ1) is 19.8. The topological polar surface area (TPSA) is 119 Å². The Kier molecular flexibility index (Phi) is 7.51. The molecule has 0 spiro atoms. The summed E-state index contributed by atoms with van der Waals surface area (Å²) >= 11 is 0. The lowest BCUT2D eigenvalue weighted by molar-refractivity contribution is -0.166. The van der Waals surface area contributed by atoms with Crippen LogP contribution >= 0.6 is 0 Å². The number of phenolic OH excluding ortho intramolecular Hbond substituents is 2. The monoisotopic (exact) mass is 339 g/mol. The molecule has 134 valence electrons. The summed E-state index contributed by atoms with van der Waals surface area (Å²) in [5.74, 6) is -1.49. The molecule has 1 rings (SSSR count). The summed E-state index contributed by atoms with van der Waals surface area (Å²) in [5.41, 5.74) is 6.40. The van der Waals surface area contributed by atoms with Crippen molar-refractivity contribution in [2.24, 2.45) is 5.73 Å². The molecule has 4 N–H and O–H groups in total. The highest BCUT2D eigenvalue weighted by atomic mass is 16.6. The molecule has 3 atom stereocenters. The van der Waals surface area contributed by atoms with Gasteiger partial charge >= 0.3 is 11.9 Å². The average Bonchev–Trinajstić information content (AvgIpc) is 2.50. The maximum Gasteiger partial charge on any atom is 0.323 e. The van der Waals surface area contributed by atoms with Crippen LogP contribution < -0.4 is 5.73 Å². The van der Waals surface area contributed by atoms with Crippen LogP contribution in [0.15, 0.2) is 18.2 Å². The summed E-state index contributed by atoms with van der Waals surface area (Å²) in [4.78, 5) is 23.5. The molecular formula is C17H25NO6. The van der Waals surface area contributed by atoms with Crippen molar-refractivity contribution in [1.29, 1.82) is 0 Å². The number of carbonyl (C=O) groups excluding carboxylic acids is 2. The van der Waals surface area contributed by atoms with Crippen molar-refractivity contribution in [1.82, 2.24) is 0 Å². The fraction of sp³-hybridized carbons (Fsp3) is 0.529. The van der Waals surface area contributed by atoms with Crippen molar-refractivity contribution in [2.45, 2.75) is 58.3 Å². The van der Waals surface area contributed by atoms with Gasteiger partial charge in [-0.05, 0) is 44.4 Å². The van der Waals surface area contributed by atoms with E-state index in [0.717, 1.165) is 0 Å². The first-order valence-electron chi connectivity index (χ1n) is 7.91. The van der Waals surface area contributed by atoms with Crippen LogP contribution in [0.25, 0.3) is 0 Å². The van der Waals surface area contributed by atoms with Crippen molar-refractivity contribution in [3.05, 3.63) is 23.8 Å². The minimum atomic E-state index is -0.935. The second kappa shape index (κ2) is 9.12. The summed E-state index contributed by atoms with van der Waals surface area (Å²) < 4.78 is 10.4. The maximum atomic E-state index is 12.0. The van der Waals surface area contributed by atoms with Crippen LogP contribution in [0.2, 0.25) is 0 Å². The molecule has 0 unspecified atom stereocenters. The molecule has 1 aromatic rings. The van der Waals surface area contributed by atoms with Crippen molar-refractivity contribution in [3.8, 4) is 11.5 Å². The van der Waals surface area contributed by atoms with E-state index < -0.39 is 24.2 Å². The van der Waals surface area contributed by atoms with E-state index in [-0.39, 0.29) is 23.9 Å². The van der Waals surface area contributed by atoms with Crippen molar-refractivity contribution in [2.75, 3.05) is 0 Å². The molecule has 7 nitrogen and oxygen atoms in total. The molecule has 0 aromatic heterocycles. The molecule has 0 aliphatic rings. The Morgan fingerprint density at radius 1 is 1.12 bits per heavy atom. The van der Waals surface area contributed by atoms with Gasteiger partial charge in [0.15, 0.2) is 11.5 Å². The SMILES string of the molecule is CCCC(=O)O[C@@H](C)[C@@H](C)OC(=O)[C@@H](N)Cc1ccc(O)c(O)c1. The number of aromatic hydroxyl groups is 2. The van der Waals surface area contributed by atoms with E-state index >= 15 is 0 Å². The van der Waals surface area contributed by atoms with Crippen molar-refractivity contribution >= 4 is 11.9 Å². The van der Waals surface area contributed by atoms with E-state index in [2.05, 4.69) is 0 Å². The molecule has 0 saturated carbocycles. The number of hydrogen-bond donors (Lipinski definition) is 3. The summed E-state index contributed by atoms with van der Waals surface area (Å²) in [7, 11) is 0. The van der Waals surface area contributed by atoms with E-state index in [1.807, 2.05) is 6.92 Å². The van der Waals surface area contributed by atoms with Gasteiger partial charge in [-0.2, -0.15) is 0 Å². The van der Waals surface area contributed by atoms with Gasteiger partial charge in [0.25, 0.3) is 0 Å². The molecule has 24 heavy (non-hydrogen) atoms. The normalized spacial score (nSPS) is 14.5. The van der Waals surface area contributed by atoms with Gasteiger partial charge < -0.3 is 25.4 Å². The fourth-order valence-corrected chi connectivity index (χ4v) is 1.97. The van der Waals surface area contributed by atoms with E-state index in [0.29, 0.717) is 18.4 Å². The largest absolute Gasteiger partial charge is 0.504 e. The van der Waals surface area contributed by atoms with Gasteiger partial charge in [0.2, 0.25) is 0 Å². The first-order valence-corrected chi connectivity index (χ1v) is 7.91. The fourth-order valence-electron chi connectivity index (χ4n) is 1.97. The molecule has 1 aromatic carbocycles. The lowest BCUT2D eigenvalue weighted by Crippen LogP contribution is -2.39. The van der Waals surface area contributed by atoms with Crippen LogP contribution in [0.3, 0.4) is 0 Å². The molecule has 0 bridgehead atoms. The lowest BCUT2D eigenvalue weighted by Gasteiger charge is -2.22. The van der Waals surface area contributed by atoms with Crippen LogP contribution in [0.5, 0.6) is 11.5 Å². The molecule has 0 amide bonds. The van der Waals surface area contributed by atoms with Crippen molar-refractivity contribution in [3.63, 3.8) is 0 Å². The number of esters is 2. The second-order valence-corrected chi connectivity index (χ2v) is 5.72. The lowest BCUT2D eigenvalue weighted by atomic mass is 10.1. The van der Waals surface area contributed by atoms with E-state index in [1.54, 1.807) is 19.9 Å². The Balaban J connectivity index is 2.53. The van der Waals surface area contributed by atoms with Gasteiger partial charge in [-0.15, -0.1) is 0 Å². The first-order chi connectivity index (χ1) is 11.2. The number of ether oxygens (including phenoxy) is 2. The molecule has 7 heteroatoms. The molecule has 0 aliphatic heterocycles. The van der Waals surface area contributed by atoms with E-state index in [4.69, 9.17) is 15.2 Å². The predicted molar refractivity (Wildman–Crippen MR) is 87.5 cm³/mol. The molecule has 0 fully saturated rings. The molecular weight excluding hydrogens is 314 g/mol. The Labute approximate surface area is 141 Å². The second-order valence-electron chi connectivity index (χ2n) is 5.72. The minimum absolute atomic E-state index is 0.142. The molecule has 0 aliphatic carbocycles. The minimum Gasteiger partial charge on any atom is -0.504 e. The van der Waals surface area contributed by atoms with Crippen LogP contribution in [-0.2, 0) is 25.5 Å². The third-order valence-electron chi connectivity index (χ3n) is 3.53. The van der Waals surface area contributed by atoms with Gasteiger partial charge in [0.1, 0.15) is 18.2 Å². The summed E-state index contributed by atoms with van der Waals surface area (Å²) in [6.45, 7) is 5.14. The number of nitrogens with two attached hydrogens (primary N) is 1. The highest BCUT2D eigenvalue weighted by Crippen LogP contribution is 2.25. The standard InChI is InChI=1S/C17H25NO6/c1-4-5-16(21)23-10(2)11(3)24-17(22)13(18)8-12-6-7-14(19)15(20)9-12/h6-7,9-11,13,19-20H,4-5,8,18H2,1-3H3/t10-,11+,13-/m0/s1. The highest BCUT2D eigenvalue weighted by molar-refractivity contribution is 5.76. The van der Waals surface area contributed by atoms with Gasteiger partial charge in [-0.25, -0.2) is 0 Å². The van der Waals surface area contributed by atoms with Gasteiger partial charge in [0.05, 0.1) is 0 Å². The zero-order chi connectivity index (χ0) is 18.3. The average molecular weight is 339 g/mol. The Hall–Kier alpha value is -2.28. The summed E-state index contributed by atoms with van der Waals surface area (Å²) in [6.07, 6.45) is -0.0574.